The predicted octanol–water partition coefficient (Wildman–Crippen LogP) is 3.52. The molecule has 0 fully saturated rings. The average Bonchev–Trinajstić information content (AvgIpc) is 2.63. The number of rotatable bonds is 6. The number of halogens is 2. The molecule has 26 heavy (non-hydrogen) atoms. The highest BCUT2D eigenvalue weighted by molar-refractivity contribution is 6.32. The molecule has 0 atom stereocenters. The Balaban J connectivity index is 2.14. The standard InChI is InChI=1S/C18H15ClFN3O3/c1-3-26-17-14(19)6-12(8-16(17)25-2)10-22-23-18(24)13-5-4-11(9-21)7-15(13)20/h4-8,10H,3H2,1-2H3,(H,23,24)/b22-10-. The number of carbonyl (C=O) groups excluding carboxylic acids is 1. The van der Waals surface area contributed by atoms with Crippen LogP contribution in [0.3, 0.4) is 0 Å². The molecule has 0 aromatic heterocycles. The number of amides is 1. The molecule has 2 rings (SSSR count). The van der Waals surface area contributed by atoms with Gasteiger partial charge in [0.15, 0.2) is 11.5 Å². The van der Waals surface area contributed by atoms with Crippen LogP contribution in [0.1, 0.15) is 28.4 Å². The largest absolute Gasteiger partial charge is 0.493 e. The third-order valence-electron chi connectivity index (χ3n) is 3.26. The fourth-order valence-corrected chi connectivity index (χ4v) is 2.37. The van der Waals surface area contributed by atoms with E-state index in [9.17, 15) is 9.18 Å². The summed E-state index contributed by atoms with van der Waals surface area (Å²) in [7, 11) is 1.48. The molecule has 2 aromatic carbocycles. The van der Waals surface area contributed by atoms with Gasteiger partial charge in [0.25, 0.3) is 5.91 Å². The second-order valence-corrected chi connectivity index (χ2v) is 5.38. The van der Waals surface area contributed by atoms with Crippen molar-refractivity contribution in [3.63, 3.8) is 0 Å². The summed E-state index contributed by atoms with van der Waals surface area (Å²) in [5.74, 6) is -0.711. The number of benzene rings is 2. The Morgan fingerprint density at radius 2 is 2.19 bits per heavy atom. The predicted molar refractivity (Wildman–Crippen MR) is 95.3 cm³/mol. The molecule has 0 radical (unpaired) electrons. The summed E-state index contributed by atoms with van der Waals surface area (Å²) in [6.07, 6.45) is 1.34. The normalized spacial score (nSPS) is 10.4. The lowest BCUT2D eigenvalue weighted by Crippen LogP contribution is -2.19. The molecule has 0 heterocycles. The first-order valence-corrected chi connectivity index (χ1v) is 7.91. The molecular formula is C18H15ClFN3O3. The van der Waals surface area contributed by atoms with Crippen molar-refractivity contribution >= 4 is 23.7 Å². The van der Waals surface area contributed by atoms with Crippen LogP contribution in [0.25, 0.3) is 0 Å². The highest BCUT2D eigenvalue weighted by Crippen LogP contribution is 2.35. The van der Waals surface area contributed by atoms with Crippen molar-refractivity contribution < 1.29 is 18.7 Å². The van der Waals surface area contributed by atoms with E-state index >= 15 is 0 Å². The number of nitrogens with one attached hydrogen (secondary N) is 1. The first kappa shape index (κ1) is 19.2. The summed E-state index contributed by atoms with van der Waals surface area (Å²) < 4.78 is 24.4. The summed E-state index contributed by atoms with van der Waals surface area (Å²) in [5, 5.41) is 12.8. The van der Waals surface area contributed by atoms with Crippen LogP contribution in [-0.2, 0) is 0 Å². The molecule has 2 aromatic rings. The summed E-state index contributed by atoms with van der Waals surface area (Å²) >= 11 is 6.15. The summed E-state index contributed by atoms with van der Waals surface area (Å²) in [5.41, 5.74) is 2.67. The van der Waals surface area contributed by atoms with E-state index in [0.29, 0.717) is 28.7 Å². The van der Waals surface area contributed by atoms with Gasteiger partial charge < -0.3 is 9.47 Å². The highest BCUT2D eigenvalue weighted by atomic mass is 35.5. The van der Waals surface area contributed by atoms with Crippen molar-refractivity contribution in [2.24, 2.45) is 5.10 Å². The van der Waals surface area contributed by atoms with Gasteiger partial charge in [-0.25, -0.2) is 9.82 Å². The Bertz CT molecular complexity index is 894. The Labute approximate surface area is 154 Å². The molecular weight excluding hydrogens is 361 g/mol. The Morgan fingerprint density at radius 1 is 1.42 bits per heavy atom. The Kier molecular flexibility index (Phi) is 6.53. The third kappa shape index (κ3) is 4.49. The van der Waals surface area contributed by atoms with Gasteiger partial charge >= 0.3 is 0 Å². The van der Waals surface area contributed by atoms with Gasteiger partial charge in [0.1, 0.15) is 5.82 Å². The van der Waals surface area contributed by atoms with Crippen LogP contribution in [0.15, 0.2) is 35.4 Å². The van der Waals surface area contributed by atoms with E-state index in [1.165, 1.54) is 25.5 Å². The fourth-order valence-electron chi connectivity index (χ4n) is 2.09. The first-order chi connectivity index (χ1) is 12.5. The fraction of sp³-hybridized carbons (Fsp3) is 0.167. The van der Waals surface area contributed by atoms with Gasteiger partial charge in [-0.15, -0.1) is 0 Å². The van der Waals surface area contributed by atoms with Crippen molar-refractivity contribution in [3.8, 4) is 17.6 Å². The lowest BCUT2D eigenvalue weighted by Gasteiger charge is -2.11. The van der Waals surface area contributed by atoms with Crippen LogP contribution in [0, 0.1) is 17.1 Å². The molecule has 134 valence electrons. The zero-order chi connectivity index (χ0) is 19.1. The second-order valence-electron chi connectivity index (χ2n) is 4.97. The maximum atomic E-state index is 13.8. The number of ether oxygens (including phenoxy) is 2. The molecule has 1 amide bonds. The molecule has 0 spiro atoms. The summed E-state index contributed by atoms with van der Waals surface area (Å²) in [6, 6.07) is 8.56. The molecule has 0 aliphatic rings. The lowest BCUT2D eigenvalue weighted by atomic mass is 10.1. The smallest absolute Gasteiger partial charge is 0.274 e. The Hall–Kier alpha value is -3.11. The molecule has 0 aliphatic heterocycles. The van der Waals surface area contributed by atoms with Gasteiger partial charge in [0.2, 0.25) is 0 Å². The molecule has 0 bridgehead atoms. The first-order valence-electron chi connectivity index (χ1n) is 7.53. The van der Waals surface area contributed by atoms with E-state index < -0.39 is 11.7 Å². The van der Waals surface area contributed by atoms with Crippen LogP contribution in [-0.4, -0.2) is 25.8 Å². The van der Waals surface area contributed by atoms with E-state index in [0.717, 1.165) is 6.07 Å². The van der Waals surface area contributed by atoms with Gasteiger partial charge in [-0.1, -0.05) is 11.6 Å². The second kappa shape index (κ2) is 8.83. The SMILES string of the molecule is CCOc1c(Cl)cc(/C=N\NC(=O)c2ccc(C#N)cc2F)cc1OC. The molecule has 1 N–H and O–H groups in total. The van der Waals surface area contributed by atoms with E-state index in [4.69, 9.17) is 26.3 Å². The van der Waals surface area contributed by atoms with Crippen LogP contribution in [0.5, 0.6) is 11.5 Å². The van der Waals surface area contributed by atoms with Crippen molar-refractivity contribution in [2.75, 3.05) is 13.7 Å². The third-order valence-corrected chi connectivity index (χ3v) is 3.54. The maximum Gasteiger partial charge on any atom is 0.274 e. The topological polar surface area (TPSA) is 83.7 Å². The van der Waals surface area contributed by atoms with Crippen molar-refractivity contribution in [1.82, 2.24) is 5.43 Å². The quantitative estimate of drug-likeness (QED) is 0.618. The number of nitrogens with zero attached hydrogens (tertiary/aromatic N) is 2. The van der Waals surface area contributed by atoms with Gasteiger partial charge in [-0.3, -0.25) is 4.79 Å². The van der Waals surface area contributed by atoms with Crippen LogP contribution >= 0.6 is 11.6 Å². The summed E-state index contributed by atoms with van der Waals surface area (Å²) in [4.78, 5) is 12.0. The summed E-state index contributed by atoms with van der Waals surface area (Å²) in [6.45, 7) is 2.25. The minimum Gasteiger partial charge on any atom is -0.493 e. The highest BCUT2D eigenvalue weighted by Gasteiger charge is 2.13. The average molecular weight is 376 g/mol. The minimum atomic E-state index is -0.803. The zero-order valence-electron chi connectivity index (χ0n) is 14.0. The molecule has 0 unspecified atom stereocenters. The number of methoxy groups -OCH3 is 1. The van der Waals surface area contributed by atoms with E-state index in [-0.39, 0.29) is 11.1 Å². The molecule has 6 nitrogen and oxygen atoms in total. The zero-order valence-corrected chi connectivity index (χ0v) is 14.8. The molecule has 0 aliphatic carbocycles. The lowest BCUT2D eigenvalue weighted by molar-refractivity contribution is 0.0951. The molecule has 8 heteroatoms. The van der Waals surface area contributed by atoms with E-state index in [2.05, 4.69) is 10.5 Å². The number of hydrogen-bond donors (Lipinski definition) is 1. The number of nitriles is 1. The maximum absolute atomic E-state index is 13.8. The van der Waals surface area contributed by atoms with Gasteiger partial charge in [-0.05, 0) is 42.8 Å². The van der Waals surface area contributed by atoms with Crippen LogP contribution in [0.4, 0.5) is 4.39 Å². The number of hydrogen-bond acceptors (Lipinski definition) is 5. The van der Waals surface area contributed by atoms with Gasteiger partial charge in [0, 0.05) is 0 Å². The van der Waals surface area contributed by atoms with E-state index in [1.807, 2.05) is 6.92 Å². The minimum absolute atomic E-state index is 0.124. The Morgan fingerprint density at radius 3 is 2.81 bits per heavy atom. The van der Waals surface area contributed by atoms with Gasteiger partial charge in [-0.2, -0.15) is 10.4 Å². The van der Waals surface area contributed by atoms with E-state index in [1.54, 1.807) is 18.2 Å². The molecule has 0 saturated heterocycles. The van der Waals surface area contributed by atoms with Gasteiger partial charge in [0.05, 0.1) is 42.2 Å². The van der Waals surface area contributed by atoms with Crippen molar-refractivity contribution in [1.29, 1.82) is 5.26 Å². The van der Waals surface area contributed by atoms with Crippen molar-refractivity contribution in [3.05, 3.63) is 57.9 Å². The molecule has 0 saturated carbocycles. The number of carbonyl (C=O) groups is 1. The van der Waals surface area contributed by atoms with Crippen LogP contribution in [0.2, 0.25) is 5.02 Å². The van der Waals surface area contributed by atoms with Crippen LogP contribution < -0.4 is 14.9 Å². The van der Waals surface area contributed by atoms with Crippen molar-refractivity contribution in [2.45, 2.75) is 6.92 Å². The monoisotopic (exact) mass is 375 g/mol. The number of hydrazone groups is 1.